The number of hydrogen-bond acceptors (Lipinski definition) is 4. The minimum Gasteiger partial charge on any atom is -0.358 e. The van der Waals surface area contributed by atoms with E-state index in [9.17, 15) is 4.79 Å². The van der Waals surface area contributed by atoms with Crippen molar-refractivity contribution in [1.82, 2.24) is 19.8 Å². The third kappa shape index (κ3) is 3.22. The number of nitrogens with one attached hydrogen (secondary N) is 1. The van der Waals surface area contributed by atoms with Crippen LogP contribution in [-0.4, -0.2) is 51.9 Å². The highest BCUT2D eigenvalue weighted by Gasteiger charge is 2.28. The van der Waals surface area contributed by atoms with Crippen molar-refractivity contribution in [2.75, 3.05) is 26.2 Å². The number of nitrogens with zero attached hydrogens (tertiary/aromatic N) is 3. The molecule has 148 valence electrons. The Morgan fingerprint density at radius 3 is 2.59 bits per heavy atom. The molecule has 1 atom stereocenters. The Labute approximate surface area is 174 Å². The van der Waals surface area contributed by atoms with Crippen LogP contribution in [0.1, 0.15) is 34.0 Å². The fraction of sp³-hybridized carbons (Fsp3) is 0.304. The number of aromatic amines is 1. The van der Waals surface area contributed by atoms with Crippen LogP contribution in [0.4, 0.5) is 0 Å². The third-order valence-corrected chi connectivity index (χ3v) is 7.13. The molecule has 0 bridgehead atoms. The van der Waals surface area contributed by atoms with Gasteiger partial charge in [-0.2, -0.15) is 0 Å². The number of aromatic nitrogens is 2. The predicted molar refractivity (Wildman–Crippen MR) is 119 cm³/mol. The summed E-state index contributed by atoms with van der Waals surface area (Å²) in [6.45, 7) is 7.42. The Morgan fingerprint density at radius 1 is 1.07 bits per heavy atom. The van der Waals surface area contributed by atoms with Gasteiger partial charge in [-0.05, 0) is 32.0 Å². The van der Waals surface area contributed by atoms with Crippen LogP contribution in [0, 0.1) is 6.92 Å². The average Bonchev–Trinajstić information content (AvgIpc) is 3.33. The molecule has 4 aromatic rings. The molecule has 0 spiro atoms. The molecule has 1 unspecified atom stereocenters. The lowest BCUT2D eigenvalue weighted by Gasteiger charge is -2.37. The van der Waals surface area contributed by atoms with Gasteiger partial charge in [-0.1, -0.05) is 30.3 Å². The molecule has 5 nitrogen and oxygen atoms in total. The first-order valence-electron chi connectivity index (χ1n) is 10.1. The van der Waals surface area contributed by atoms with Gasteiger partial charge in [-0.15, -0.1) is 11.3 Å². The molecule has 0 saturated carbocycles. The van der Waals surface area contributed by atoms with E-state index in [2.05, 4.69) is 35.0 Å². The number of para-hydroxylation sites is 2. The number of hydrogen-bond donors (Lipinski definition) is 1. The van der Waals surface area contributed by atoms with E-state index in [0.717, 1.165) is 58.9 Å². The van der Waals surface area contributed by atoms with Crippen LogP contribution < -0.4 is 0 Å². The highest BCUT2D eigenvalue weighted by Crippen LogP contribution is 2.30. The van der Waals surface area contributed by atoms with Crippen molar-refractivity contribution < 1.29 is 4.79 Å². The van der Waals surface area contributed by atoms with Crippen LogP contribution in [-0.2, 0) is 0 Å². The SMILES string of the molecule is Cc1[nH]c2ccccc2c1C(=O)N1CCN(C(C)c2nc3ccccc3s2)CC1. The van der Waals surface area contributed by atoms with Gasteiger partial charge in [-0.25, -0.2) is 4.98 Å². The maximum absolute atomic E-state index is 13.2. The molecule has 1 N–H and O–H groups in total. The number of amides is 1. The van der Waals surface area contributed by atoms with E-state index in [4.69, 9.17) is 4.98 Å². The number of carbonyl (C=O) groups excluding carboxylic acids is 1. The fourth-order valence-corrected chi connectivity index (χ4v) is 5.30. The van der Waals surface area contributed by atoms with Gasteiger partial charge in [0.1, 0.15) is 5.01 Å². The molecular weight excluding hydrogens is 380 g/mol. The number of fused-ring (bicyclic) bond motifs is 2. The number of carbonyl (C=O) groups is 1. The van der Waals surface area contributed by atoms with Crippen molar-refractivity contribution >= 4 is 38.4 Å². The standard InChI is InChI=1S/C23H24N4OS/c1-15-21(17-7-3-4-8-18(17)24-15)23(28)27-13-11-26(12-14-27)16(2)22-25-19-9-5-6-10-20(19)29-22/h3-10,16,24H,11-14H2,1-2H3. The van der Waals surface area contributed by atoms with Gasteiger partial charge in [0.15, 0.2) is 0 Å². The Morgan fingerprint density at radius 2 is 1.79 bits per heavy atom. The Balaban J connectivity index is 1.30. The number of H-pyrrole nitrogens is 1. The lowest BCUT2D eigenvalue weighted by Crippen LogP contribution is -2.49. The number of thiazole rings is 1. The molecule has 2 aromatic carbocycles. The molecule has 3 heterocycles. The molecule has 0 radical (unpaired) electrons. The summed E-state index contributed by atoms with van der Waals surface area (Å²) in [4.78, 5) is 25.8. The van der Waals surface area contributed by atoms with Crippen LogP contribution in [0.3, 0.4) is 0 Å². The normalized spacial score (nSPS) is 16.6. The zero-order chi connectivity index (χ0) is 20.0. The van der Waals surface area contributed by atoms with Crippen LogP contribution in [0.15, 0.2) is 48.5 Å². The topological polar surface area (TPSA) is 52.2 Å². The Kier molecular flexibility index (Phi) is 4.60. The van der Waals surface area contributed by atoms with Crippen molar-refractivity contribution in [2.24, 2.45) is 0 Å². The van der Waals surface area contributed by atoms with Gasteiger partial charge in [-0.3, -0.25) is 9.69 Å². The zero-order valence-corrected chi connectivity index (χ0v) is 17.5. The van der Waals surface area contributed by atoms with E-state index >= 15 is 0 Å². The molecule has 1 amide bonds. The molecule has 1 saturated heterocycles. The average molecular weight is 405 g/mol. The van der Waals surface area contributed by atoms with E-state index in [1.54, 1.807) is 11.3 Å². The summed E-state index contributed by atoms with van der Waals surface area (Å²) in [7, 11) is 0. The molecule has 29 heavy (non-hydrogen) atoms. The van der Waals surface area contributed by atoms with Gasteiger partial charge >= 0.3 is 0 Å². The smallest absolute Gasteiger partial charge is 0.256 e. The second-order valence-electron chi connectivity index (χ2n) is 7.69. The first-order chi connectivity index (χ1) is 14.1. The lowest BCUT2D eigenvalue weighted by atomic mass is 10.1. The minimum atomic E-state index is 0.132. The van der Waals surface area contributed by atoms with Crippen LogP contribution >= 0.6 is 11.3 Å². The summed E-state index contributed by atoms with van der Waals surface area (Å²) in [6, 6.07) is 16.6. The van der Waals surface area contributed by atoms with Crippen molar-refractivity contribution in [3.05, 3.63) is 64.8 Å². The molecule has 2 aromatic heterocycles. The largest absolute Gasteiger partial charge is 0.358 e. The van der Waals surface area contributed by atoms with E-state index in [1.165, 1.54) is 4.70 Å². The summed E-state index contributed by atoms with van der Waals surface area (Å²) in [5.41, 5.74) is 3.86. The Hall–Kier alpha value is -2.70. The van der Waals surface area contributed by atoms with Gasteiger partial charge in [0.25, 0.3) is 5.91 Å². The Bertz CT molecular complexity index is 1150. The second kappa shape index (κ2) is 7.28. The van der Waals surface area contributed by atoms with E-state index in [0.29, 0.717) is 0 Å². The first-order valence-corrected chi connectivity index (χ1v) is 10.9. The van der Waals surface area contributed by atoms with E-state index < -0.39 is 0 Å². The molecular formula is C23H24N4OS. The van der Waals surface area contributed by atoms with Gasteiger partial charge in [0.2, 0.25) is 0 Å². The van der Waals surface area contributed by atoms with Gasteiger partial charge in [0, 0.05) is 42.8 Å². The summed E-state index contributed by atoms with van der Waals surface area (Å²) in [5.74, 6) is 0.132. The second-order valence-corrected chi connectivity index (χ2v) is 8.76. The number of aryl methyl sites for hydroxylation is 1. The van der Waals surface area contributed by atoms with Crippen LogP contribution in [0.2, 0.25) is 0 Å². The summed E-state index contributed by atoms with van der Waals surface area (Å²) >= 11 is 1.77. The van der Waals surface area contributed by atoms with Crippen LogP contribution in [0.25, 0.3) is 21.1 Å². The van der Waals surface area contributed by atoms with Gasteiger partial charge < -0.3 is 9.88 Å². The van der Waals surface area contributed by atoms with Crippen molar-refractivity contribution in [2.45, 2.75) is 19.9 Å². The molecule has 5 rings (SSSR count). The fourth-order valence-electron chi connectivity index (χ4n) is 4.25. The summed E-state index contributed by atoms with van der Waals surface area (Å²) < 4.78 is 1.23. The quantitative estimate of drug-likeness (QED) is 0.543. The van der Waals surface area contributed by atoms with E-state index in [-0.39, 0.29) is 11.9 Å². The molecule has 1 fully saturated rings. The minimum absolute atomic E-state index is 0.132. The maximum atomic E-state index is 13.2. The highest BCUT2D eigenvalue weighted by molar-refractivity contribution is 7.18. The zero-order valence-electron chi connectivity index (χ0n) is 16.7. The van der Waals surface area contributed by atoms with Crippen molar-refractivity contribution in [3.63, 3.8) is 0 Å². The molecule has 1 aliphatic rings. The highest BCUT2D eigenvalue weighted by atomic mass is 32.1. The first kappa shape index (κ1) is 18.3. The summed E-state index contributed by atoms with van der Waals surface area (Å²) in [6.07, 6.45) is 0. The lowest BCUT2D eigenvalue weighted by molar-refractivity contribution is 0.0583. The summed E-state index contributed by atoms with van der Waals surface area (Å²) in [5, 5.41) is 2.17. The van der Waals surface area contributed by atoms with Crippen LogP contribution in [0.5, 0.6) is 0 Å². The number of piperazine rings is 1. The van der Waals surface area contributed by atoms with E-state index in [1.807, 2.05) is 42.2 Å². The molecule has 1 aliphatic heterocycles. The van der Waals surface area contributed by atoms with Gasteiger partial charge in [0.05, 0.1) is 21.8 Å². The maximum Gasteiger partial charge on any atom is 0.256 e. The predicted octanol–water partition coefficient (Wildman–Crippen LogP) is 4.61. The monoisotopic (exact) mass is 404 g/mol. The number of benzene rings is 2. The molecule has 0 aliphatic carbocycles. The van der Waals surface area contributed by atoms with Crippen molar-refractivity contribution in [1.29, 1.82) is 0 Å². The van der Waals surface area contributed by atoms with Crippen molar-refractivity contribution in [3.8, 4) is 0 Å². The third-order valence-electron chi connectivity index (χ3n) is 5.92. The number of rotatable bonds is 3. The molecule has 6 heteroatoms.